The zero-order valence-corrected chi connectivity index (χ0v) is 13.0. The average Bonchev–Trinajstić information content (AvgIpc) is 3.01. The molecule has 8 heteroatoms. The molecule has 0 aromatic carbocycles. The van der Waals surface area contributed by atoms with Crippen LogP contribution in [0, 0.1) is 11.3 Å². The Labute approximate surface area is 123 Å². The van der Waals surface area contributed by atoms with Crippen LogP contribution in [-0.2, 0) is 21.3 Å². The van der Waals surface area contributed by atoms with Crippen LogP contribution in [0.1, 0.15) is 5.01 Å². The van der Waals surface area contributed by atoms with E-state index in [0.29, 0.717) is 19.1 Å². The molecule has 2 aliphatic rings. The highest BCUT2D eigenvalue weighted by Gasteiger charge is 2.50. The van der Waals surface area contributed by atoms with Crippen LogP contribution >= 0.6 is 11.3 Å². The minimum atomic E-state index is -3.16. The summed E-state index contributed by atoms with van der Waals surface area (Å²) in [5.41, 5.74) is -0.0830. The quantitative estimate of drug-likeness (QED) is 0.836. The summed E-state index contributed by atoms with van der Waals surface area (Å²) in [4.78, 5) is 6.67. The summed E-state index contributed by atoms with van der Waals surface area (Å²) in [6, 6.07) is 0. The summed E-state index contributed by atoms with van der Waals surface area (Å²) >= 11 is 1.66. The van der Waals surface area contributed by atoms with Crippen LogP contribution in [0.3, 0.4) is 0 Å². The summed E-state index contributed by atoms with van der Waals surface area (Å²) in [5, 5.41) is 3.09. The van der Waals surface area contributed by atoms with Gasteiger partial charge in [0.1, 0.15) is 5.01 Å². The van der Waals surface area contributed by atoms with Crippen molar-refractivity contribution in [3.8, 4) is 0 Å². The van der Waals surface area contributed by atoms with Crippen molar-refractivity contribution in [3.63, 3.8) is 0 Å². The van der Waals surface area contributed by atoms with E-state index in [9.17, 15) is 8.42 Å². The summed E-state index contributed by atoms with van der Waals surface area (Å²) in [6.45, 7) is 4.47. The molecule has 3 heterocycles. The molecule has 0 aliphatic carbocycles. The Morgan fingerprint density at radius 1 is 1.65 bits per heavy atom. The van der Waals surface area contributed by atoms with Crippen molar-refractivity contribution >= 4 is 21.4 Å². The third kappa shape index (κ3) is 3.04. The highest BCUT2D eigenvalue weighted by atomic mass is 32.2. The van der Waals surface area contributed by atoms with Crippen molar-refractivity contribution in [1.29, 1.82) is 0 Å². The predicted octanol–water partition coefficient (Wildman–Crippen LogP) is 0.141. The normalized spacial score (nSPS) is 30.8. The van der Waals surface area contributed by atoms with Gasteiger partial charge in [0.05, 0.1) is 26.0 Å². The summed E-state index contributed by atoms with van der Waals surface area (Å²) in [7, 11) is -3.16. The minimum absolute atomic E-state index is 0.0830. The molecule has 0 unspecified atom stereocenters. The Kier molecular flexibility index (Phi) is 3.85. The van der Waals surface area contributed by atoms with Gasteiger partial charge in [-0.25, -0.2) is 18.1 Å². The Bertz CT molecular complexity index is 561. The lowest BCUT2D eigenvalue weighted by atomic mass is 9.81. The van der Waals surface area contributed by atoms with E-state index in [1.54, 1.807) is 11.3 Å². The first kappa shape index (κ1) is 14.4. The summed E-state index contributed by atoms with van der Waals surface area (Å²) in [6.07, 6.45) is 3.03. The molecule has 2 aliphatic heterocycles. The van der Waals surface area contributed by atoms with Crippen LogP contribution in [0.2, 0.25) is 0 Å². The number of rotatable bonds is 5. The van der Waals surface area contributed by atoms with Crippen LogP contribution in [0.25, 0.3) is 0 Å². The van der Waals surface area contributed by atoms with Crippen molar-refractivity contribution in [2.24, 2.45) is 11.3 Å². The summed E-state index contributed by atoms with van der Waals surface area (Å²) in [5.74, 6) is 0.400. The topological polar surface area (TPSA) is 71.5 Å². The smallest absolute Gasteiger partial charge is 0.208 e. The van der Waals surface area contributed by atoms with Crippen LogP contribution in [-0.4, -0.2) is 57.4 Å². The minimum Gasteiger partial charge on any atom is -0.380 e. The molecule has 2 saturated heterocycles. The number of hydrogen-bond acceptors (Lipinski definition) is 6. The van der Waals surface area contributed by atoms with Gasteiger partial charge in [-0.05, 0) is 0 Å². The fraction of sp³-hybridized carbons (Fsp3) is 0.750. The van der Waals surface area contributed by atoms with Crippen LogP contribution in [0.4, 0.5) is 0 Å². The number of thiazole rings is 1. The number of hydrogen-bond donors (Lipinski definition) is 1. The van der Waals surface area contributed by atoms with E-state index in [1.165, 1.54) is 6.26 Å². The van der Waals surface area contributed by atoms with Crippen molar-refractivity contribution < 1.29 is 13.2 Å². The lowest BCUT2D eigenvalue weighted by Crippen LogP contribution is -2.42. The second kappa shape index (κ2) is 5.34. The maximum atomic E-state index is 11.3. The fourth-order valence-corrected chi connectivity index (χ4v) is 4.32. The van der Waals surface area contributed by atoms with E-state index in [-0.39, 0.29) is 5.41 Å². The lowest BCUT2D eigenvalue weighted by Gasteiger charge is -2.27. The molecule has 0 spiro atoms. The van der Waals surface area contributed by atoms with Crippen molar-refractivity contribution in [1.82, 2.24) is 14.6 Å². The monoisotopic (exact) mass is 317 g/mol. The first-order valence-electron chi connectivity index (χ1n) is 6.60. The highest BCUT2D eigenvalue weighted by Crippen LogP contribution is 2.41. The number of sulfonamides is 1. The molecule has 6 nitrogen and oxygen atoms in total. The van der Waals surface area contributed by atoms with Gasteiger partial charge in [-0.15, -0.1) is 11.3 Å². The predicted molar refractivity (Wildman–Crippen MR) is 77.0 cm³/mol. The maximum absolute atomic E-state index is 11.3. The van der Waals surface area contributed by atoms with Crippen LogP contribution < -0.4 is 4.72 Å². The SMILES string of the molecule is CS(=O)(=O)NC[C@@]12COC[C@@H]1CN(Cc1nccs1)C2. The molecule has 0 bridgehead atoms. The number of fused-ring (bicyclic) bond motifs is 1. The standard InChI is InChI=1S/C12H19N3O3S2/c1-20(16,17)14-7-12-8-15(4-10(12)6-18-9-12)5-11-13-2-3-19-11/h2-3,10,14H,4-9H2,1H3/t10-,12+/m0/s1. The Hall–Kier alpha value is -0.540. The van der Waals surface area contributed by atoms with E-state index in [1.807, 2.05) is 11.6 Å². The van der Waals surface area contributed by atoms with E-state index in [2.05, 4.69) is 14.6 Å². The number of aromatic nitrogens is 1. The highest BCUT2D eigenvalue weighted by molar-refractivity contribution is 7.88. The summed E-state index contributed by atoms with van der Waals surface area (Å²) < 4.78 is 30.9. The molecule has 20 heavy (non-hydrogen) atoms. The third-order valence-electron chi connectivity index (χ3n) is 4.12. The first-order valence-corrected chi connectivity index (χ1v) is 9.37. The van der Waals surface area contributed by atoms with Gasteiger partial charge in [-0.1, -0.05) is 0 Å². The van der Waals surface area contributed by atoms with Crippen LogP contribution in [0.5, 0.6) is 0 Å². The van der Waals surface area contributed by atoms with Gasteiger partial charge >= 0.3 is 0 Å². The van der Waals surface area contributed by atoms with Crippen molar-refractivity contribution in [3.05, 3.63) is 16.6 Å². The van der Waals surface area contributed by atoms with E-state index in [0.717, 1.165) is 31.2 Å². The molecule has 0 radical (unpaired) electrons. The number of nitrogens with one attached hydrogen (secondary N) is 1. The molecule has 0 amide bonds. The number of likely N-dealkylation sites (tertiary alicyclic amines) is 1. The van der Waals surface area contributed by atoms with Gasteiger partial charge in [0.25, 0.3) is 0 Å². The van der Waals surface area contributed by atoms with E-state index >= 15 is 0 Å². The van der Waals surface area contributed by atoms with Crippen molar-refractivity contribution in [2.45, 2.75) is 6.54 Å². The Balaban J connectivity index is 1.67. The van der Waals surface area contributed by atoms with Gasteiger partial charge in [-0.3, -0.25) is 4.90 Å². The molecule has 1 N–H and O–H groups in total. The van der Waals surface area contributed by atoms with Crippen molar-refractivity contribution in [2.75, 3.05) is 39.1 Å². The Morgan fingerprint density at radius 2 is 2.50 bits per heavy atom. The molecule has 112 valence electrons. The Morgan fingerprint density at radius 3 is 3.20 bits per heavy atom. The molecule has 2 atom stereocenters. The molecule has 2 fully saturated rings. The molecular weight excluding hydrogens is 298 g/mol. The largest absolute Gasteiger partial charge is 0.380 e. The molecule has 0 saturated carbocycles. The van der Waals surface area contributed by atoms with Gasteiger partial charge < -0.3 is 4.74 Å². The van der Waals surface area contributed by atoms with Gasteiger partial charge in [-0.2, -0.15) is 0 Å². The van der Waals surface area contributed by atoms with E-state index < -0.39 is 10.0 Å². The van der Waals surface area contributed by atoms with E-state index in [4.69, 9.17) is 4.74 Å². The average molecular weight is 317 g/mol. The first-order chi connectivity index (χ1) is 9.47. The molecule has 3 rings (SSSR count). The zero-order valence-electron chi connectivity index (χ0n) is 11.4. The maximum Gasteiger partial charge on any atom is 0.208 e. The number of ether oxygens (including phenoxy) is 1. The fourth-order valence-electron chi connectivity index (χ4n) is 3.11. The van der Waals surface area contributed by atoms with Gasteiger partial charge in [0.15, 0.2) is 0 Å². The molecular formula is C12H19N3O3S2. The molecule has 1 aromatic heterocycles. The molecule has 1 aromatic rings. The van der Waals surface area contributed by atoms with Gasteiger partial charge in [0.2, 0.25) is 10.0 Å². The second-order valence-electron chi connectivity index (χ2n) is 5.76. The van der Waals surface area contributed by atoms with Crippen LogP contribution in [0.15, 0.2) is 11.6 Å². The van der Waals surface area contributed by atoms with Gasteiger partial charge in [0, 0.05) is 42.5 Å². The zero-order chi connectivity index (χ0) is 14.2. The second-order valence-corrected chi connectivity index (χ2v) is 8.58. The number of nitrogens with zero attached hydrogens (tertiary/aromatic N) is 2. The third-order valence-corrected chi connectivity index (χ3v) is 5.55. The lowest BCUT2D eigenvalue weighted by molar-refractivity contribution is 0.128.